The van der Waals surface area contributed by atoms with Crippen LogP contribution in [0.25, 0.3) is 0 Å². The lowest BCUT2D eigenvalue weighted by atomic mass is 10.2. The van der Waals surface area contributed by atoms with Gasteiger partial charge in [0, 0.05) is 45.3 Å². The smallest absolute Gasteiger partial charge is 0.410 e. The average molecular weight is 400 g/mol. The van der Waals surface area contributed by atoms with Gasteiger partial charge in [0.25, 0.3) is 0 Å². The molecule has 9 heteroatoms. The first-order valence-electron chi connectivity index (χ1n) is 10.2. The molecule has 2 bridgehead atoms. The number of rotatable bonds is 2. The van der Waals surface area contributed by atoms with Gasteiger partial charge >= 0.3 is 6.09 Å². The molecule has 29 heavy (non-hydrogen) atoms. The molecule has 0 N–H and O–H groups in total. The van der Waals surface area contributed by atoms with Crippen LogP contribution in [0.15, 0.2) is 6.07 Å². The van der Waals surface area contributed by atoms with E-state index in [9.17, 15) is 10.1 Å². The highest BCUT2D eigenvalue weighted by atomic mass is 16.6. The van der Waals surface area contributed by atoms with E-state index in [-0.39, 0.29) is 18.3 Å². The van der Waals surface area contributed by atoms with Crippen molar-refractivity contribution in [3.05, 3.63) is 11.8 Å². The van der Waals surface area contributed by atoms with Crippen molar-refractivity contribution in [1.29, 1.82) is 5.26 Å². The molecule has 0 aliphatic carbocycles. The molecule has 0 radical (unpaired) electrons. The van der Waals surface area contributed by atoms with E-state index in [0.29, 0.717) is 31.9 Å². The Morgan fingerprint density at radius 3 is 2.38 bits per heavy atom. The van der Waals surface area contributed by atoms with Crippen LogP contribution in [0.3, 0.4) is 0 Å². The highest BCUT2D eigenvalue weighted by molar-refractivity contribution is 5.69. The molecule has 4 rings (SSSR count). The molecule has 3 saturated heterocycles. The predicted molar refractivity (Wildman–Crippen MR) is 107 cm³/mol. The lowest BCUT2D eigenvalue weighted by Gasteiger charge is -2.37. The molecule has 3 fully saturated rings. The van der Waals surface area contributed by atoms with Gasteiger partial charge in [0.05, 0.1) is 17.9 Å². The normalized spacial score (nSPS) is 24.4. The number of hydrogen-bond acceptors (Lipinski definition) is 8. The Balaban J connectivity index is 1.46. The molecule has 3 aliphatic rings. The SMILES string of the molecule is CC(C)(C)OC(=O)N1CCN(c2cc(N3CC4CCC(C3)O4)nnc2C#N)CC1. The first kappa shape index (κ1) is 19.7. The molecule has 3 aliphatic heterocycles. The molecule has 2 atom stereocenters. The van der Waals surface area contributed by atoms with E-state index < -0.39 is 5.60 Å². The van der Waals surface area contributed by atoms with Crippen molar-refractivity contribution >= 4 is 17.6 Å². The fraction of sp³-hybridized carbons (Fsp3) is 0.700. The average Bonchev–Trinajstić information content (AvgIpc) is 3.04. The number of morpholine rings is 1. The minimum absolute atomic E-state index is 0.256. The molecule has 1 aromatic rings. The van der Waals surface area contributed by atoms with Gasteiger partial charge in [-0.25, -0.2) is 4.79 Å². The van der Waals surface area contributed by atoms with Crippen molar-refractivity contribution in [3.63, 3.8) is 0 Å². The summed E-state index contributed by atoms with van der Waals surface area (Å²) < 4.78 is 11.4. The molecule has 0 saturated carbocycles. The quantitative estimate of drug-likeness (QED) is 0.741. The molecule has 156 valence electrons. The van der Waals surface area contributed by atoms with Crippen molar-refractivity contribution in [2.45, 2.75) is 51.4 Å². The highest BCUT2D eigenvalue weighted by Crippen LogP contribution is 2.31. The van der Waals surface area contributed by atoms with E-state index in [0.717, 1.165) is 37.4 Å². The second-order valence-corrected chi connectivity index (χ2v) is 8.87. The van der Waals surface area contributed by atoms with E-state index >= 15 is 0 Å². The number of nitrogens with zero attached hydrogens (tertiary/aromatic N) is 6. The van der Waals surface area contributed by atoms with Gasteiger partial charge in [-0.3, -0.25) is 0 Å². The molecule has 2 unspecified atom stereocenters. The topological polar surface area (TPSA) is 94.8 Å². The Hall–Kier alpha value is -2.60. The van der Waals surface area contributed by atoms with E-state index in [4.69, 9.17) is 9.47 Å². The maximum Gasteiger partial charge on any atom is 0.410 e. The minimum atomic E-state index is -0.510. The molecular formula is C20H28N6O3. The van der Waals surface area contributed by atoms with Crippen LogP contribution in [0.5, 0.6) is 0 Å². The van der Waals surface area contributed by atoms with Crippen molar-refractivity contribution in [2.75, 3.05) is 49.1 Å². The number of carbonyl (C=O) groups is 1. The standard InChI is InChI=1S/C20H28N6O3/c1-20(2,3)29-19(27)25-8-6-24(7-9-25)17-10-18(23-22-16(17)11-21)26-12-14-4-5-15(13-26)28-14/h10,14-15H,4-9,12-13H2,1-3H3. The summed E-state index contributed by atoms with van der Waals surface area (Å²) in [5, 5.41) is 18.0. The fourth-order valence-electron chi connectivity index (χ4n) is 4.11. The third kappa shape index (κ3) is 4.37. The molecule has 4 heterocycles. The van der Waals surface area contributed by atoms with Gasteiger partial charge in [-0.2, -0.15) is 5.26 Å². The van der Waals surface area contributed by atoms with Gasteiger partial charge in [0.1, 0.15) is 11.7 Å². The predicted octanol–water partition coefficient (Wildman–Crippen LogP) is 1.77. The summed E-state index contributed by atoms with van der Waals surface area (Å²) in [7, 11) is 0. The number of fused-ring (bicyclic) bond motifs is 2. The van der Waals surface area contributed by atoms with Crippen molar-refractivity contribution in [3.8, 4) is 6.07 Å². The van der Waals surface area contributed by atoms with Gasteiger partial charge in [-0.15, -0.1) is 10.2 Å². The first-order chi connectivity index (χ1) is 13.8. The lowest BCUT2D eigenvalue weighted by molar-refractivity contribution is 0.0240. The van der Waals surface area contributed by atoms with Crippen LogP contribution in [0.4, 0.5) is 16.3 Å². The largest absolute Gasteiger partial charge is 0.444 e. The van der Waals surface area contributed by atoms with Crippen molar-refractivity contribution in [2.24, 2.45) is 0 Å². The summed E-state index contributed by atoms with van der Waals surface area (Å²) in [4.78, 5) is 18.3. The summed E-state index contributed by atoms with van der Waals surface area (Å²) >= 11 is 0. The van der Waals surface area contributed by atoms with Crippen molar-refractivity contribution < 1.29 is 14.3 Å². The summed E-state index contributed by atoms with van der Waals surface area (Å²) in [5.74, 6) is 0.786. The van der Waals surface area contributed by atoms with Crippen LogP contribution in [0.1, 0.15) is 39.3 Å². The number of anilines is 2. The van der Waals surface area contributed by atoms with E-state index in [1.807, 2.05) is 26.8 Å². The van der Waals surface area contributed by atoms with Crippen LogP contribution < -0.4 is 9.80 Å². The van der Waals surface area contributed by atoms with E-state index in [2.05, 4.69) is 26.1 Å². The van der Waals surface area contributed by atoms with Gasteiger partial charge in [-0.05, 0) is 33.6 Å². The Labute approximate surface area is 171 Å². The maximum atomic E-state index is 12.3. The van der Waals surface area contributed by atoms with Gasteiger partial charge in [-0.1, -0.05) is 0 Å². The van der Waals surface area contributed by atoms with Gasteiger partial charge in [0.15, 0.2) is 11.5 Å². The zero-order chi connectivity index (χ0) is 20.6. The van der Waals surface area contributed by atoms with Crippen LogP contribution in [0.2, 0.25) is 0 Å². The van der Waals surface area contributed by atoms with Crippen LogP contribution in [0, 0.1) is 11.3 Å². The maximum absolute atomic E-state index is 12.3. The van der Waals surface area contributed by atoms with Gasteiger partial charge < -0.3 is 24.2 Å². The summed E-state index contributed by atoms with van der Waals surface area (Å²) in [6, 6.07) is 4.11. The van der Waals surface area contributed by atoms with E-state index in [1.54, 1.807) is 4.90 Å². The second kappa shape index (κ2) is 7.67. The molecule has 0 spiro atoms. The third-order valence-corrected chi connectivity index (χ3v) is 5.51. The molecule has 1 amide bonds. The molecular weight excluding hydrogens is 372 g/mol. The van der Waals surface area contributed by atoms with Gasteiger partial charge in [0.2, 0.25) is 0 Å². The fourth-order valence-corrected chi connectivity index (χ4v) is 4.11. The van der Waals surface area contributed by atoms with Crippen LogP contribution >= 0.6 is 0 Å². The number of carbonyl (C=O) groups excluding carboxylic acids is 1. The van der Waals surface area contributed by atoms with Crippen molar-refractivity contribution in [1.82, 2.24) is 15.1 Å². The number of amides is 1. The number of aromatic nitrogens is 2. The molecule has 0 aromatic carbocycles. The molecule has 9 nitrogen and oxygen atoms in total. The minimum Gasteiger partial charge on any atom is -0.444 e. The monoisotopic (exact) mass is 400 g/mol. The Bertz CT molecular complexity index is 797. The number of piperazine rings is 1. The number of ether oxygens (including phenoxy) is 2. The molecule has 1 aromatic heterocycles. The lowest BCUT2D eigenvalue weighted by Crippen LogP contribution is -2.50. The highest BCUT2D eigenvalue weighted by Gasteiger charge is 2.35. The Morgan fingerprint density at radius 1 is 1.14 bits per heavy atom. The zero-order valence-corrected chi connectivity index (χ0v) is 17.3. The third-order valence-electron chi connectivity index (χ3n) is 5.51. The number of hydrogen-bond donors (Lipinski definition) is 0. The van der Waals surface area contributed by atoms with Crippen LogP contribution in [-0.2, 0) is 9.47 Å². The second-order valence-electron chi connectivity index (χ2n) is 8.87. The van der Waals surface area contributed by atoms with E-state index in [1.165, 1.54) is 0 Å². The summed E-state index contributed by atoms with van der Waals surface area (Å²) in [6.07, 6.45) is 2.39. The summed E-state index contributed by atoms with van der Waals surface area (Å²) in [6.45, 7) is 9.53. The summed E-state index contributed by atoms with van der Waals surface area (Å²) in [5.41, 5.74) is 0.583. The zero-order valence-electron chi connectivity index (χ0n) is 17.3. The number of nitriles is 1. The Morgan fingerprint density at radius 2 is 1.79 bits per heavy atom. The Kier molecular flexibility index (Phi) is 5.21. The first-order valence-corrected chi connectivity index (χ1v) is 10.2. The van der Waals surface area contributed by atoms with Crippen LogP contribution in [-0.4, -0.2) is 78.3 Å².